The molecule has 0 spiro atoms. The number of nitrogens with one attached hydrogen (secondary N) is 1. The molecule has 0 bridgehead atoms. The summed E-state index contributed by atoms with van der Waals surface area (Å²) in [5.41, 5.74) is -5.65. The van der Waals surface area contributed by atoms with Gasteiger partial charge in [-0.15, -0.1) is 0 Å². The molecule has 0 rings (SSSR count). The Bertz CT molecular complexity index is 399. The summed E-state index contributed by atoms with van der Waals surface area (Å²) in [5, 5.41) is 2.72. The maximum atomic E-state index is 10.7. The topological polar surface area (TPSA) is 86.3 Å². The van der Waals surface area contributed by atoms with Gasteiger partial charge in [-0.05, 0) is 6.08 Å². The normalized spacial score (nSPS) is 12.2. The first-order valence-electron chi connectivity index (χ1n) is 4.93. The maximum absolute atomic E-state index is 10.7. The van der Waals surface area contributed by atoms with Gasteiger partial charge in [0.15, 0.2) is 10.1 Å². The van der Waals surface area contributed by atoms with Crippen LogP contribution in [0.4, 0.5) is 13.2 Å². The molecule has 0 fully saturated rings. The highest BCUT2D eigenvalue weighted by atomic mass is 32.2. The van der Waals surface area contributed by atoms with Gasteiger partial charge in [0, 0.05) is 0 Å². The minimum atomic E-state index is -6.09. The molecule has 19 heavy (non-hydrogen) atoms. The first kappa shape index (κ1) is 20.2. The van der Waals surface area contributed by atoms with Gasteiger partial charge in [0.05, 0.1) is 34.2 Å². The van der Waals surface area contributed by atoms with Crippen molar-refractivity contribution >= 4 is 16.0 Å². The second-order valence-corrected chi connectivity index (χ2v) is 5.78. The molecule has 0 atom stereocenters. The molecule has 10 heteroatoms. The van der Waals surface area contributed by atoms with Crippen molar-refractivity contribution in [1.82, 2.24) is 5.32 Å². The Morgan fingerprint density at radius 1 is 1.37 bits per heavy atom. The Labute approximate surface area is 110 Å². The lowest BCUT2D eigenvalue weighted by atomic mass is 10.5. The average molecular weight is 306 g/mol. The summed E-state index contributed by atoms with van der Waals surface area (Å²) in [7, 11) is 0.160. The Hall–Kier alpha value is -1.13. The molecule has 0 heterocycles. The molecule has 0 radical (unpaired) electrons. The zero-order chi connectivity index (χ0) is 15.9. The van der Waals surface area contributed by atoms with Gasteiger partial charge in [-0.3, -0.25) is 4.79 Å². The summed E-state index contributed by atoms with van der Waals surface area (Å²) in [6, 6.07) is 0. The highest BCUT2D eigenvalue weighted by molar-refractivity contribution is 7.86. The van der Waals surface area contributed by atoms with Crippen LogP contribution in [0.15, 0.2) is 12.7 Å². The van der Waals surface area contributed by atoms with Crippen LogP contribution in [0.5, 0.6) is 0 Å². The molecule has 0 aliphatic heterocycles. The third kappa shape index (κ3) is 13.1. The monoisotopic (exact) mass is 306 g/mol. The van der Waals surface area contributed by atoms with Gasteiger partial charge < -0.3 is 14.4 Å². The molecule has 1 N–H and O–H groups in total. The number of likely N-dealkylation sites (N-methyl/N-ethyl adjacent to an activating group) is 1. The van der Waals surface area contributed by atoms with Crippen molar-refractivity contribution in [3.8, 4) is 0 Å². The van der Waals surface area contributed by atoms with Gasteiger partial charge >= 0.3 is 5.51 Å². The lowest BCUT2D eigenvalue weighted by Crippen LogP contribution is -2.41. The highest BCUT2D eigenvalue weighted by Crippen LogP contribution is 2.20. The van der Waals surface area contributed by atoms with Gasteiger partial charge in [0.2, 0.25) is 5.91 Å². The summed E-state index contributed by atoms with van der Waals surface area (Å²) in [6.07, 6.45) is 1.29. The van der Waals surface area contributed by atoms with E-state index >= 15 is 0 Å². The fourth-order valence-corrected chi connectivity index (χ4v) is 0.587. The van der Waals surface area contributed by atoms with Gasteiger partial charge in [-0.25, -0.2) is 8.42 Å². The summed E-state index contributed by atoms with van der Waals surface area (Å²) < 4.78 is 59.8. The van der Waals surface area contributed by atoms with E-state index in [9.17, 15) is 18.0 Å². The van der Waals surface area contributed by atoms with Crippen LogP contribution in [0, 0.1) is 0 Å². The zero-order valence-corrected chi connectivity index (χ0v) is 11.6. The van der Waals surface area contributed by atoms with Crippen LogP contribution >= 0.6 is 0 Å². The molecule has 0 unspecified atom stereocenters. The van der Waals surface area contributed by atoms with Crippen LogP contribution in [0.1, 0.15) is 0 Å². The number of hydrogen-bond acceptors (Lipinski definition) is 4. The first-order valence-corrected chi connectivity index (χ1v) is 6.34. The molecule has 0 aliphatic carbocycles. The third-order valence-corrected chi connectivity index (χ3v) is 2.12. The molecule has 1 amide bonds. The zero-order valence-electron chi connectivity index (χ0n) is 10.8. The quantitative estimate of drug-likeness (QED) is 0.344. The standard InChI is InChI=1S/C8H16N2O.CHF3O3S/c1-5-8(11)9-6-7-10(2,3)4;2-1(3,4)8(5,6)7/h5H,1,6-7H2,2-4H3;(H,5,6,7). The maximum Gasteiger partial charge on any atom is 0.485 e. The van der Waals surface area contributed by atoms with Crippen molar-refractivity contribution in [1.29, 1.82) is 0 Å². The van der Waals surface area contributed by atoms with Gasteiger partial charge in [-0.1, -0.05) is 6.58 Å². The number of rotatable bonds is 4. The predicted octanol–water partition coefficient (Wildman–Crippen LogP) is 0.0462. The van der Waals surface area contributed by atoms with E-state index < -0.39 is 15.6 Å². The van der Waals surface area contributed by atoms with E-state index in [1.165, 1.54) is 6.08 Å². The fraction of sp³-hybridized carbons (Fsp3) is 0.667. The Balaban J connectivity index is 0. The van der Waals surface area contributed by atoms with Crippen LogP contribution in [0.3, 0.4) is 0 Å². The number of hydrogen-bond donors (Lipinski definition) is 1. The van der Waals surface area contributed by atoms with Gasteiger partial charge in [-0.2, -0.15) is 13.2 Å². The lowest BCUT2D eigenvalue weighted by molar-refractivity contribution is -0.869. The molecule has 0 aromatic rings. The Morgan fingerprint density at radius 3 is 1.95 bits per heavy atom. The van der Waals surface area contributed by atoms with Crippen molar-refractivity contribution in [2.45, 2.75) is 5.51 Å². The molecular formula is C9H17F3N2O4S. The van der Waals surface area contributed by atoms with Crippen molar-refractivity contribution in [2.75, 3.05) is 34.2 Å². The van der Waals surface area contributed by atoms with Crippen LogP contribution in [-0.4, -0.2) is 63.1 Å². The number of halogens is 3. The van der Waals surface area contributed by atoms with Crippen molar-refractivity contribution < 1.29 is 35.4 Å². The smallest absolute Gasteiger partial charge is 0.485 e. The van der Waals surface area contributed by atoms with E-state index in [2.05, 4.69) is 33.0 Å². The Kier molecular flexibility index (Phi) is 7.93. The van der Waals surface area contributed by atoms with E-state index in [1.807, 2.05) is 0 Å². The van der Waals surface area contributed by atoms with Crippen molar-refractivity contribution in [3.63, 3.8) is 0 Å². The van der Waals surface area contributed by atoms with Crippen LogP contribution < -0.4 is 5.32 Å². The van der Waals surface area contributed by atoms with Crippen molar-refractivity contribution in [3.05, 3.63) is 12.7 Å². The predicted molar refractivity (Wildman–Crippen MR) is 61.9 cm³/mol. The minimum Gasteiger partial charge on any atom is -0.741 e. The lowest BCUT2D eigenvalue weighted by Gasteiger charge is -2.23. The van der Waals surface area contributed by atoms with Crippen LogP contribution in [0.2, 0.25) is 0 Å². The SMILES string of the molecule is C=CC(=O)NCC[N+](C)(C)C.O=S(=O)([O-])C(F)(F)F. The largest absolute Gasteiger partial charge is 0.741 e. The fourth-order valence-electron chi connectivity index (χ4n) is 0.587. The molecule has 0 saturated carbocycles. The van der Waals surface area contributed by atoms with E-state index in [0.717, 1.165) is 11.0 Å². The van der Waals surface area contributed by atoms with Crippen molar-refractivity contribution in [2.24, 2.45) is 0 Å². The summed E-state index contributed by atoms with van der Waals surface area (Å²) in [5.74, 6) is -0.0987. The number of nitrogens with zero attached hydrogens (tertiary/aromatic N) is 1. The second-order valence-electron chi connectivity index (χ2n) is 4.41. The second kappa shape index (κ2) is 7.46. The number of amides is 1. The van der Waals surface area contributed by atoms with E-state index in [1.54, 1.807) is 0 Å². The molecule has 0 aliphatic rings. The molecular weight excluding hydrogens is 289 g/mol. The average Bonchev–Trinajstić information content (AvgIpc) is 2.13. The summed E-state index contributed by atoms with van der Waals surface area (Å²) in [6.45, 7) is 4.99. The number of quaternary nitrogens is 1. The van der Waals surface area contributed by atoms with Gasteiger partial charge in [0.1, 0.15) is 0 Å². The van der Waals surface area contributed by atoms with Crippen LogP contribution in [0.25, 0.3) is 0 Å². The highest BCUT2D eigenvalue weighted by Gasteiger charge is 2.36. The first-order chi connectivity index (χ1) is 8.20. The molecule has 0 saturated heterocycles. The van der Waals surface area contributed by atoms with E-state index in [0.29, 0.717) is 6.54 Å². The van der Waals surface area contributed by atoms with E-state index in [-0.39, 0.29) is 5.91 Å². The summed E-state index contributed by atoms with van der Waals surface area (Å²) in [4.78, 5) is 10.7. The van der Waals surface area contributed by atoms with E-state index in [4.69, 9.17) is 13.0 Å². The molecule has 0 aromatic carbocycles. The third-order valence-electron chi connectivity index (χ3n) is 1.55. The van der Waals surface area contributed by atoms with Gasteiger partial charge in [0.25, 0.3) is 0 Å². The molecule has 0 aromatic heterocycles. The minimum absolute atomic E-state index is 0.0987. The Morgan fingerprint density at radius 2 is 1.74 bits per heavy atom. The molecule has 114 valence electrons. The number of carbonyl (C=O) groups is 1. The number of carbonyl (C=O) groups excluding carboxylic acids is 1. The van der Waals surface area contributed by atoms with Crippen LogP contribution in [-0.2, 0) is 14.9 Å². The molecule has 6 nitrogen and oxygen atoms in total. The number of alkyl halides is 3. The summed E-state index contributed by atoms with van der Waals surface area (Å²) >= 11 is 0.